The fourth-order valence-electron chi connectivity index (χ4n) is 4.34. The molecule has 8 nitrogen and oxygen atoms in total. The van der Waals surface area contributed by atoms with Gasteiger partial charge in [0, 0.05) is 30.6 Å². The summed E-state index contributed by atoms with van der Waals surface area (Å²) < 4.78 is 48.8. The number of alkyl halides is 2. The lowest BCUT2D eigenvalue weighted by Gasteiger charge is -2.35. The molecular formula is C25H26F3N3O5. The van der Waals surface area contributed by atoms with Crippen molar-refractivity contribution < 1.29 is 37.4 Å². The Balaban J connectivity index is 1.41. The fraction of sp³-hybridized carbons (Fsp3) is 0.400. The molecule has 2 unspecified atom stereocenters. The normalized spacial score (nSPS) is 19.8. The second kappa shape index (κ2) is 9.81. The van der Waals surface area contributed by atoms with E-state index in [1.165, 1.54) is 17.0 Å². The monoisotopic (exact) mass is 505 g/mol. The van der Waals surface area contributed by atoms with Crippen LogP contribution in [0.25, 0.3) is 0 Å². The molecule has 0 spiro atoms. The molecule has 0 aliphatic carbocycles. The van der Waals surface area contributed by atoms with Crippen LogP contribution in [0.3, 0.4) is 0 Å². The average molecular weight is 505 g/mol. The van der Waals surface area contributed by atoms with Gasteiger partial charge in [-0.25, -0.2) is 4.39 Å². The molecule has 2 heterocycles. The first kappa shape index (κ1) is 25.5. The summed E-state index contributed by atoms with van der Waals surface area (Å²) in [6, 6.07) is 6.69. The molecule has 2 atom stereocenters. The molecule has 3 N–H and O–H groups in total. The Morgan fingerprint density at radius 2 is 2.00 bits per heavy atom. The van der Waals surface area contributed by atoms with Gasteiger partial charge in [0.05, 0.1) is 12.1 Å². The van der Waals surface area contributed by atoms with Crippen LogP contribution in [0.4, 0.5) is 13.2 Å². The molecule has 3 amide bonds. The Hall–Kier alpha value is -3.60. The number of hydrogen-bond acceptors (Lipinski definition) is 5. The number of benzene rings is 2. The van der Waals surface area contributed by atoms with E-state index in [1.54, 1.807) is 19.9 Å². The number of ether oxygens (including phenoxy) is 1. The molecule has 0 aromatic heterocycles. The van der Waals surface area contributed by atoms with E-state index < -0.39 is 35.5 Å². The first-order valence-electron chi connectivity index (χ1n) is 11.5. The third kappa shape index (κ3) is 5.01. The van der Waals surface area contributed by atoms with Crippen LogP contribution in [0.5, 0.6) is 5.75 Å². The number of nitrogens with one attached hydrogen (secondary N) is 2. The number of fused-ring (bicyclic) bond motifs is 1. The Labute approximate surface area is 205 Å². The summed E-state index contributed by atoms with van der Waals surface area (Å²) in [5.74, 6) is -7.36. The zero-order valence-electron chi connectivity index (χ0n) is 19.7. The third-order valence-corrected chi connectivity index (χ3v) is 6.14. The predicted octanol–water partition coefficient (Wildman–Crippen LogP) is 2.57. The highest BCUT2D eigenvalue weighted by atomic mass is 19.3. The van der Waals surface area contributed by atoms with Crippen molar-refractivity contribution in [1.29, 1.82) is 0 Å². The molecule has 192 valence electrons. The Kier molecular flexibility index (Phi) is 6.94. The van der Waals surface area contributed by atoms with Crippen molar-refractivity contribution >= 4 is 17.7 Å². The van der Waals surface area contributed by atoms with Crippen LogP contribution in [0.15, 0.2) is 36.4 Å². The Bertz CT molecular complexity index is 1200. The number of nitrogens with zero attached hydrogens (tertiary/aromatic N) is 1. The number of aliphatic hydroxyl groups excluding tert-OH is 1. The van der Waals surface area contributed by atoms with Crippen LogP contribution in [-0.2, 0) is 28.6 Å². The number of hydrogen-bond donors (Lipinski definition) is 3. The van der Waals surface area contributed by atoms with E-state index in [0.717, 1.165) is 12.1 Å². The van der Waals surface area contributed by atoms with Crippen molar-refractivity contribution in [3.8, 4) is 5.75 Å². The van der Waals surface area contributed by atoms with Crippen molar-refractivity contribution in [2.45, 2.75) is 64.1 Å². The SMILES string of the molecule is CC(C)Oc1ccc(C(F)(F)C(=O)NCc2ccc3c(c2)CN(C2CCC(=O)NC2O)C3=O)cc1F. The quantitative estimate of drug-likeness (QED) is 0.536. The van der Waals surface area contributed by atoms with Crippen LogP contribution < -0.4 is 15.4 Å². The largest absolute Gasteiger partial charge is 0.488 e. The lowest BCUT2D eigenvalue weighted by atomic mass is 10.0. The highest BCUT2D eigenvalue weighted by Gasteiger charge is 2.42. The molecular weight excluding hydrogens is 479 g/mol. The van der Waals surface area contributed by atoms with Gasteiger partial charge in [0.15, 0.2) is 11.6 Å². The molecule has 4 rings (SSSR count). The molecule has 2 aliphatic rings. The lowest BCUT2D eigenvalue weighted by molar-refractivity contribution is -0.147. The molecule has 11 heteroatoms. The summed E-state index contributed by atoms with van der Waals surface area (Å²) in [7, 11) is 0. The molecule has 2 aromatic rings. The van der Waals surface area contributed by atoms with Crippen LogP contribution in [0.1, 0.15) is 53.7 Å². The summed E-state index contributed by atoms with van der Waals surface area (Å²) in [6.07, 6.45) is -1.03. The second-order valence-corrected chi connectivity index (χ2v) is 9.11. The van der Waals surface area contributed by atoms with Crippen molar-refractivity contribution in [1.82, 2.24) is 15.5 Å². The summed E-state index contributed by atoms with van der Waals surface area (Å²) in [5, 5.41) is 14.7. The van der Waals surface area contributed by atoms with Gasteiger partial charge >= 0.3 is 5.92 Å². The number of rotatable bonds is 7. The minimum Gasteiger partial charge on any atom is -0.488 e. The first-order valence-corrected chi connectivity index (χ1v) is 11.5. The topological polar surface area (TPSA) is 108 Å². The van der Waals surface area contributed by atoms with Crippen molar-refractivity contribution in [3.05, 3.63) is 64.5 Å². The molecule has 2 aliphatic heterocycles. The van der Waals surface area contributed by atoms with Gasteiger partial charge in [-0.1, -0.05) is 12.1 Å². The summed E-state index contributed by atoms with van der Waals surface area (Å²) >= 11 is 0. The number of piperidine rings is 1. The predicted molar refractivity (Wildman–Crippen MR) is 121 cm³/mol. The van der Waals surface area contributed by atoms with E-state index in [1.807, 2.05) is 0 Å². The van der Waals surface area contributed by atoms with Gasteiger partial charge in [-0.15, -0.1) is 0 Å². The van der Waals surface area contributed by atoms with Gasteiger partial charge in [0.2, 0.25) is 5.91 Å². The molecule has 36 heavy (non-hydrogen) atoms. The first-order chi connectivity index (χ1) is 17.0. The smallest absolute Gasteiger partial charge is 0.349 e. The standard InChI is InChI=1S/C25H26F3N3O5/c1-13(2)36-20-7-4-16(10-18(20)26)25(27,28)24(35)29-11-14-3-5-17-15(9-14)12-31(23(17)34)19-6-8-21(32)30-22(19)33/h3-5,7,9-10,13,19,22,33H,6,8,11-12H2,1-2H3,(H,29,35)(H,30,32). The number of aliphatic hydroxyl groups is 1. The minimum absolute atomic E-state index is 0.174. The maximum Gasteiger partial charge on any atom is 0.349 e. The van der Waals surface area contributed by atoms with Crippen molar-refractivity contribution in [2.75, 3.05) is 0 Å². The van der Waals surface area contributed by atoms with E-state index in [9.17, 15) is 32.7 Å². The minimum atomic E-state index is -3.98. The third-order valence-electron chi connectivity index (χ3n) is 6.14. The van der Waals surface area contributed by atoms with Crippen LogP contribution in [-0.4, -0.2) is 46.1 Å². The Morgan fingerprint density at radius 3 is 2.67 bits per heavy atom. The van der Waals surface area contributed by atoms with Crippen molar-refractivity contribution in [2.24, 2.45) is 0 Å². The van der Waals surface area contributed by atoms with E-state index in [2.05, 4.69) is 10.6 Å². The summed E-state index contributed by atoms with van der Waals surface area (Å²) in [4.78, 5) is 38.0. The average Bonchev–Trinajstić information content (AvgIpc) is 3.13. The zero-order chi connectivity index (χ0) is 26.2. The second-order valence-electron chi connectivity index (χ2n) is 9.11. The van der Waals surface area contributed by atoms with Gasteiger partial charge in [-0.2, -0.15) is 8.78 Å². The van der Waals surface area contributed by atoms with E-state index in [4.69, 9.17) is 4.74 Å². The van der Waals surface area contributed by atoms with Crippen LogP contribution >= 0.6 is 0 Å². The molecule has 0 saturated carbocycles. The highest BCUT2D eigenvalue weighted by molar-refractivity contribution is 5.98. The highest BCUT2D eigenvalue weighted by Crippen LogP contribution is 2.32. The van der Waals surface area contributed by atoms with Gasteiger partial charge in [0.25, 0.3) is 11.8 Å². The summed E-state index contributed by atoms with van der Waals surface area (Å²) in [6.45, 7) is 3.27. The number of carbonyl (C=O) groups excluding carboxylic acids is 3. The summed E-state index contributed by atoms with van der Waals surface area (Å²) in [5.41, 5.74) is 0.697. The molecule has 0 bridgehead atoms. The van der Waals surface area contributed by atoms with Crippen molar-refractivity contribution in [3.63, 3.8) is 0 Å². The number of amides is 3. The van der Waals surface area contributed by atoms with Gasteiger partial charge in [-0.3, -0.25) is 14.4 Å². The number of halogens is 3. The van der Waals surface area contributed by atoms with Gasteiger partial charge < -0.3 is 25.4 Å². The van der Waals surface area contributed by atoms with E-state index >= 15 is 0 Å². The molecule has 0 radical (unpaired) electrons. The van der Waals surface area contributed by atoms with E-state index in [-0.39, 0.29) is 43.2 Å². The van der Waals surface area contributed by atoms with Gasteiger partial charge in [0.1, 0.15) is 6.23 Å². The molecule has 2 aromatic carbocycles. The van der Waals surface area contributed by atoms with Crippen LogP contribution in [0, 0.1) is 5.82 Å². The molecule has 1 fully saturated rings. The lowest BCUT2D eigenvalue weighted by Crippen LogP contribution is -2.55. The van der Waals surface area contributed by atoms with Gasteiger partial charge in [-0.05, 0) is 55.7 Å². The maximum atomic E-state index is 14.7. The fourth-order valence-corrected chi connectivity index (χ4v) is 4.34. The molecule has 1 saturated heterocycles. The maximum absolute atomic E-state index is 14.7. The van der Waals surface area contributed by atoms with E-state index in [0.29, 0.717) is 29.2 Å². The zero-order valence-corrected chi connectivity index (χ0v) is 19.7. The van der Waals surface area contributed by atoms with Crippen LogP contribution in [0.2, 0.25) is 0 Å². The Morgan fingerprint density at radius 1 is 1.25 bits per heavy atom. The number of carbonyl (C=O) groups is 3.